The van der Waals surface area contributed by atoms with Crippen LogP contribution in [0.3, 0.4) is 0 Å². The molecule has 0 saturated heterocycles. The summed E-state index contributed by atoms with van der Waals surface area (Å²) in [6.45, 7) is 4.43. The lowest BCUT2D eigenvalue weighted by molar-refractivity contribution is -0.137. The number of sulfonamides is 1. The molecule has 0 aromatic heterocycles. The maximum atomic E-state index is 13.6. The third kappa shape index (κ3) is 5.69. The molecule has 5 nitrogen and oxygen atoms in total. The van der Waals surface area contributed by atoms with Gasteiger partial charge in [-0.2, -0.15) is 13.2 Å². The second kappa shape index (κ2) is 9.18. The fourth-order valence-electron chi connectivity index (χ4n) is 3.93. The minimum absolute atomic E-state index is 0.0571. The molecule has 1 aromatic rings. The number of alkyl halides is 3. The van der Waals surface area contributed by atoms with Gasteiger partial charge in [0.05, 0.1) is 16.5 Å². The van der Waals surface area contributed by atoms with Gasteiger partial charge in [-0.1, -0.05) is 6.08 Å². The van der Waals surface area contributed by atoms with Gasteiger partial charge in [-0.25, -0.2) is 13.1 Å². The van der Waals surface area contributed by atoms with Crippen LogP contribution < -0.4 is 14.9 Å². The number of nitrogens with zero attached hydrogens (tertiary/aromatic N) is 1. The average molecular weight is 446 g/mol. The molecule has 1 heterocycles. The number of anilines is 2. The zero-order valence-electron chi connectivity index (χ0n) is 17.4. The van der Waals surface area contributed by atoms with E-state index in [0.717, 1.165) is 32.1 Å². The van der Waals surface area contributed by atoms with Crippen LogP contribution >= 0.6 is 0 Å². The number of benzene rings is 1. The summed E-state index contributed by atoms with van der Waals surface area (Å²) in [6, 6.07) is 4.35. The molecular formula is C21H30F3N3O2S. The maximum Gasteiger partial charge on any atom is 0.418 e. The van der Waals surface area contributed by atoms with E-state index < -0.39 is 27.0 Å². The molecule has 3 rings (SSSR count). The summed E-state index contributed by atoms with van der Waals surface area (Å²) in [5.74, 6) is 0.306. The largest absolute Gasteiger partial charge is 0.418 e. The van der Waals surface area contributed by atoms with Gasteiger partial charge in [-0.05, 0) is 70.1 Å². The SMILES string of the molecule is CC(C)S(=O)(=O)NC1CCC(CNc2ccc(N3C=CCC3)c(C(F)(F)F)c2)CC1. The fraction of sp³-hybridized carbons (Fsp3) is 0.619. The lowest BCUT2D eigenvalue weighted by Gasteiger charge is -2.30. The summed E-state index contributed by atoms with van der Waals surface area (Å²) in [4.78, 5) is 1.63. The predicted octanol–water partition coefficient (Wildman–Crippen LogP) is 4.73. The van der Waals surface area contributed by atoms with E-state index >= 15 is 0 Å². The van der Waals surface area contributed by atoms with Gasteiger partial charge < -0.3 is 10.2 Å². The third-order valence-corrected chi connectivity index (χ3v) is 7.73. The van der Waals surface area contributed by atoms with Crippen LogP contribution in [0.1, 0.15) is 51.5 Å². The number of hydrogen-bond acceptors (Lipinski definition) is 4. The Morgan fingerprint density at radius 2 is 1.87 bits per heavy atom. The number of hydrogen-bond donors (Lipinski definition) is 2. The van der Waals surface area contributed by atoms with Gasteiger partial charge in [0.2, 0.25) is 10.0 Å². The molecule has 0 bridgehead atoms. The Morgan fingerprint density at radius 1 is 1.17 bits per heavy atom. The van der Waals surface area contributed by atoms with E-state index in [0.29, 0.717) is 24.7 Å². The molecule has 168 valence electrons. The first-order valence-electron chi connectivity index (χ1n) is 10.5. The second-order valence-corrected chi connectivity index (χ2v) is 10.7. The molecule has 0 amide bonds. The van der Waals surface area contributed by atoms with E-state index in [-0.39, 0.29) is 11.7 Å². The summed E-state index contributed by atoms with van der Waals surface area (Å²) < 4.78 is 67.5. The lowest BCUT2D eigenvalue weighted by atomic mass is 9.86. The highest BCUT2D eigenvalue weighted by Crippen LogP contribution is 2.39. The summed E-state index contributed by atoms with van der Waals surface area (Å²) in [5, 5.41) is 2.69. The van der Waals surface area contributed by atoms with Crippen LogP contribution in [0.25, 0.3) is 0 Å². The molecular weight excluding hydrogens is 415 g/mol. The van der Waals surface area contributed by atoms with Gasteiger partial charge >= 0.3 is 6.18 Å². The summed E-state index contributed by atoms with van der Waals surface area (Å²) in [5.41, 5.74) is 0.00230. The molecule has 1 fully saturated rings. The first-order chi connectivity index (χ1) is 14.1. The Kier molecular flexibility index (Phi) is 7.02. The summed E-state index contributed by atoms with van der Waals surface area (Å²) >= 11 is 0. The van der Waals surface area contributed by atoms with Gasteiger partial charge in [-0.15, -0.1) is 0 Å². The highest BCUT2D eigenvalue weighted by molar-refractivity contribution is 7.90. The van der Waals surface area contributed by atoms with E-state index in [9.17, 15) is 21.6 Å². The van der Waals surface area contributed by atoms with Crippen LogP contribution in [-0.2, 0) is 16.2 Å². The minimum Gasteiger partial charge on any atom is -0.385 e. The van der Waals surface area contributed by atoms with Crippen LogP contribution in [0.15, 0.2) is 30.5 Å². The number of rotatable bonds is 7. The van der Waals surface area contributed by atoms with E-state index in [1.807, 2.05) is 6.08 Å². The standard InChI is InChI=1S/C21H30F3N3O2S/c1-15(2)30(28,29)26-17-7-5-16(6-8-17)14-25-18-9-10-20(27-11-3-4-12-27)19(13-18)21(22,23)24/h3,9-11,13,15-17,25-26H,4-8,12,14H2,1-2H3. The first-order valence-corrected chi connectivity index (χ1v) is 12.0. The van der Waals surface area contributed by atoms with Crippen molar-refractivity contribution in [2.45, 2.75) is 63.4 Å². The zero-order valence-corrected chi connectivity index (χ0v) is 18.2. The minimum atomic E-state index is -4.42. The fourth-order valence-corrected chi connectivity index (χ4v) is 4.90. The molecule has 0 unspecified atom stereocenters. The van der Waals surface area contributed by atoms with Crippen LogP contribution in [0.2, 0.25) is 0 Å². The van der Waals surface area contributed by atoms with E-state index in [2.05, 4.69) is 10.0 Å². The Balaban J connectivity index is 1.57. The zero-order chi connectivity index (χ0) is 21.9. The normalized spacial score (nSPS) is 22.7. The van der Waals surface area contributed by atoms with Gasteiger partial charge in [0.15, 0.2) is 0 Å². The van der Waals surface area contributed by atoms with Crippen molar-refractivity contribution in [3.05, 3.63) is 36.0 Å². The molecule has 30 heavy (non-hydrogen) atoms. The van der Waals surface area contributed by atoms with Crippen molar-refractivity contribution in [3.63, 3.8) is 0 Å². The van der Waals surface area contributed by atoms with Crippen molar-refractivity contribution >= 4 is 21.4 Å². The highest BCUT2D eigenvalue weighted by Gasteiger charge is 2.35. The predicted molar refractivity (Wildman–Crippen MR) is 114 cm³/mol. The van der Waals surface area contributed by atoms with Gasteiger partial charge in [-0.3, -0.25) is 0 Å². The van der Waals surface area contributed by atoms with Crippen molar-refractivity contribution in [2.75, 3.05) is 23.3 Å². The highest BCUT2D eigenvalue weighted by atomic mass is 32.2. The van der Waals surface area contributed by atoms with Gasteiger partial charge in [0.25, 0.3) is 0 Å². The van der Waals surface area contributed by atoms with Crippen LogP contribution in [-0.4, -0.2) is 32.8 Å². The van der Waals surface area contributed by atoms with Gasteiger partial charge in [0.1, 0.15) is 0 Å². The van der Waals surface area contributed by atoms with Crippen molar-refractivity contribution in [1.29, 1.82) is 0 Å². The molecule has 0 spiro atoms. The summed E-state index contributed by atoms with van der Waals surface area (Å²) in [6.07, 6.45) is 3.04. The molecule has 9 heteroatoms. The lowest BCUT2D eigenvalue weighted by Crippen LogP contribution is -2.41. The van der Waals surface area contributed by atoms with Crippen molar-refractivity contribution < 1.29 is 21.6 Å². The van der Waals surface area contributed by atoms with Crippen molar-refractivity contribution in [2.24, 2.45) is 5.92 Å². The Labute approximate surface area is 176 Å². The molecule has 0 atom stereocenters. The Bertz CT molecular complexity index is 861. The number of nitrogens with one attached hydrogen (secondary N) is 2. The summed E-state index contributed by atoms with van der Waals surface area (Å²) in [7, 11) is -3.28. The van der Waals surface area contributed by atoms with Gasteiger partial charge in [0, 0.05) is 31.0 Å². The van der Waals surface area contributed by atoms with Crippen molar-refractivity contribution in [1.82, 2.24) is 4.72 Å². The molecule has 1 aromatic carbocycles. The molecule has 1 aliphatic heterocycles. The quantitative estimate of drug-likeness (QED) is 0.637. The second-order valence-electron chi connectivity index (χ2n) is 8.41. The van der Waals surface area contributed by atoms with E-state index in [1.165, 1.54) is 12.1 Å². The molecule has 1 saturated carbocycles. The maximum absolute atomic E-state index is 13.6. The third-order valence-electron chi connectivity index (χ3n) is 5.83. The van der Waals surface area contributed by atoms with Crippen LogP contribution in [0.4, 0.5) is 24.5 Å². The van der Waals surface area contributed by atoms with Crippen molar-refractivity contribution in [3.8, 4) is 0 Å². The van der Waals surface area contributed by atoms with Crippen LogP contribution in [0, 0.1) is 5.92 Å². The molecule has 2 N–H and O–H groups in total. The average Bonchev–Trinajstić information content (AvgIpc) is 3.21. The molecule has 2 aliphatic rings. The van der Waals surface area contributed by atoms with Crippen LogP contribution in [0.5, 0.6) is 0 Å². The Hall–Kier alpha value is -1.74. The van der Waals surface area contributed by atoms with E-state index in [1.54, 1.807) is 31.0 Å². The Morgan fingerprint density at radius 3 is 2.43 bits per heavy atom. The van der Waals surface area contributed by atoms with E-state index in [4.69, 9.17) is 0 Å². The smallest absolute Gasteiger partial charge is 0.385 e. The molecule has 1 aliphatic carbocycles. The molecule has 0 radical (unpaired) electrons. The number of halogens is 3. The monoisotopic (exact) mass is 445 g/mol. The topological polar surface area (TPSA) is 61.4 Å². The first kappa shape index (κ1) is 22.9.